The van der Waals surface area contributed by atoms with Crippen LogP contribution in [0.1, 0.15) is 77.7 Å². The first-order valence-electron chi connectivity index (χ1n) is 11.8. The lowest BCUT2D eigenvalue weighted by Gasteiger charge is -2.29. The third kappa shape index (κ3) is 5.64. The van der Waals surface area contributed by atoms with Crippen LogP contribution in [0.2, 0.25) is 0 Å². The second-order valence-corrected chi connectivity index (χ2v) is 9.13. The molecule has 0 amide bonds. The Balaban J connectivity index is 2.08. The van der Waals surface area contributed by atoms with E-state index in [2.05, 4.69) is 44.2 Å². The maximum absolute atomic E-state index is 14.4. The fraction of sp³-hybridized carbons (Fsp3) is 0.464. The monoisotopic (exact) mass is 420 g/mol. The van der Waals surface area contributed by atoms with Crippen LogP contribution >= 0.6 is 0 Å². The number of aromatic nitrogens is 1. The van der Waals surface area contributed by atoms with E-state index >= 15 is 0 Å². The summed E-state index contributed by atoms with van der Waals surface area (Å²) in [6.45, 7) is 15.3. The van der Waals surface area contributed by atoms with Crippen LogP contribution in [0, 0.1) is 11.7 Å². The van der Waals surface area contributed by atoms with Gasteiger partial charge in [0, 0.05) is 34.9 Å². The zero-order valence-corrected chi connectivity index (χ0v) is 19.4. The SMILES string of the molecule is C=C(/C(CC(C)C(=C)C)=C(/CCC)NC1CCCCC1)c1ccc(F)c2ccncc12. The average molecular weight is 421 g/mol. The topological polar surface area (TPSA) is 24.9 Å². The molecule has 0 radical (unpaired) electrons. The zero-order valence-electron chi connectivity index (χ0n) is 19.4. The van der Waals surface area contributed by atoms with Crippen LogP contribution in [0.5, 0.6) is 0 Å². The lowest BCUT2D eigenvalue weighted by Crippen LogP contribution is -2.31. The molecule has 3 heteroatoms. The van der Waals surface area contributed by atoms with Gasteiger partial charge in [-0.15, -0.1) is 0 Å². The first-order valence-corrected chi connectivity index (χ1v) is 11.8. The van der Waals surface area contributed by atoms with Crippen molar-refractivity contribution < 1.29 is 4.39 Å². The highest BCUT2D eigenvalue weighted by atomic mass is 19.1. The summed E-state index contributed by atoms with van der Waals surface area (Å²) in [5.41, 5.74) is 5.66. The summed E-state index contributed by atoms with van der Waals surface area (Å²) in [7, 11) is 0. The second-order valence-electron chi connectivity index (χ2n) is 9.13. The molecule has 0 bridgehead atoms. The molecule has 1 heterocycles. The van der Waals surface area contributed by atoms with Crippen LogP contribution < -0.4 is 5.32 Å². The summed E-state index contributed by atoms with van der Waals surface area (Å²) in [6, 6.07) is 5.69. The van der Waals surface area contributed by atoms with Gasteiger partial charge in [0.2, 0.25) is 0 Å². The van der Waals surface area contributed by atoms with Crippen molar-refractivity contribution in [3.05, 3.63) is 72.0 Å². The highest BCUT2D eigenvalue weighted by Gasteiger charge is 2.21. The highest BCUT2D eigenvalue weighted by molar-refractivity contribution is 5.97. The smallest absolute Gasteiger partial charge is 0.131 e. The highest BCUT2D eigenvalue weighted by Crippen LogP contribution is 2.36. The standard InChI is InChI=1S/C28H37FN2/c1-6-10-28(31-22-11-8-7-9-12-22)25(17-20(4)19(2)3)21(5)23-13-14-27(29)24-15-16-30-18-26(23)24/h13-16,18,20,22,31H,2,5-12,17H2,1,3-4H3/b28-25-. The van der Waals surface area contributed by atoms with Gasteiger partial charge in [0.15, 0.2) is 0 Å². The Hall–Kier alpha value is -2.42. The molecule has 1 aliphatic rings. The van der Waals surface area contributed by atoms with Gasteiger partial charge in [-0.05, 0) is 67.4 Å². The van der Waals surface area contributed by atoms with Crippen molar-refractivity contribution in [3.63, 3.8) is 0 Å². The predicted molar refractivity (Wildman–Crippen MR) is 131 cm³/mol. The van der Waals surface area contributed by atoms with Gasteiger partial charge < -0.3 is 5.32 Å². The molecule has 3 rings (SSSR count). The Morgan fingerprint density at radius 1 is 1.16 bits per heavy atom. The Morgan fingerprint density at radius 3 is 2.58 bits per heavy atom. The molecule has 31 heavy (non-hydrogen) atoms. The molecule has 1 aliphatic carbocycles. The molecule has 2 aromatic rings. The van der Waals surface area contributed by atoms with Crippen LogP contribution in [-0.2, 0) is 0 Å². The number of benzene rings is 1. The summed E-state index contributed by atoms with van der Waals surface area (Å²) in [5, 5.41) is 5.33. The summed E-state index contributed by atoms with van der Waals surface area (Å²) in [4.78, 5) is 4.27. The van der Waals surface area contributed by atoms with Gasteiger partial charge in [-0.1, -0.05) is 64.3 Å². The lowest BCUT2D eigenvalue weighted by molar-refractivity contribution is 0.391. The lowest BCUT2D eigenvalue weighted by atomic mass is 9.85. The first kappa shape index (κ1) is 23.2. The molecule has 1 saturated carbocycles. The minimum absolute atomic E-state index is 0.219. The van der Waals surface area contributed by atoms with Crippen molar-refractivity contribution in [1.29, 1.82) is 0 Å². The fourth-order valence-electron chi connectivity index (χ4n) is 4.54. The van der Waals surface area contributed by atoms with Crippen molar-refractivity contribution in [2.45, 2.75) is 78.2 Å². The third-order valence-electron chi connectivity index (χ3n) is 6.65. The van der Waals surface area contributed by atoms with Crippen LogP contribution in [-0.4, -0.2) is 11.0 Å². The molecule has 1 aromatic heterocycles. The molecular formula is C28H37FN2. The van der Waals surface area contributed by atoms with E-state index in [-0.39, 0.29) is 5.82 Å². The molecule has 0 aliphatic heterocycles. The summed E-state index contributed by atoms with van der Waals surface area (Å²) in [5.74, 6) is 0.125. The normalized spacial score (nSPS) is 16.6. The number of nitrogens with zero attached hydrogens (tertiary/aromatic N) is 1. The Bertz CT molecular complexity index is 966. The van der Waals surface area contributed by atoms with Gasteiger partial charge in [0.25, 0.3) is 0 Å². The van der Waals surface area contributed by atoms with E-state index in [0.29, 0.717) is 17.3 Å². The Labute approximate surface area is 187 Å². The quantitative estimate of drug-likeness (QED) is 0.329. The molecule has 1 aromatic carbocycles. The van der Waals surface area contributed by atoms with Gasteiger partial charge in [-0.2, -0.15) is 0 Å². The van der Waals surface area contributed by atoms with E-state index in [1.807, 2.05) is 6.07 Å². The Kier molecular flexibility index (Phi) is 8.06. The van der Waals surface area contributed by atoms with Gasteiger partial charge in [-0.3, -0.25) is 4.98 Å². The molecule has 166 valence electrons. The Morgan fingerprint density at radius 2 is 1.90 bits per heavy atom. The van der Waals surface area contributed by atoms with Crippen molar-refractivity contribution in [2.75, 3.05) is 0 Å². The molecule has 1 N–H and O–H groups in total. The van der Waals surface area contributed by atoms with Crippen molar-refractivity contribution in [2.24, 2.45) is 5.92 Å². The number of halogens is 1. The summed E-state index contributed by atoms with van der Waals surface area (Å²) < 4.78 is 14.4. The zero-order chi connectivity index (χ0) is 22.4. The number of allylic oxidation sites excluding steroid dienone is 4. The largest absolute Gasteiger partial charge is 0.385 e. The van der Waals surface area contributed by atoms with Crippen LogP contribution in [0.3, 0.4) is 0 Å². The maximum Gasteiger partial charge on any atom is 0.131 e. The predicted octanol–water partition coefficient (Wildman–Crippen LogP) is 7.97. The van der Waals surface area contributed by atoms with E-state index < -0.39 is 0 Å². The summed E-state index contributed by atoms with van der Waals surface area (Å²) in [6.07, 6.45) is 12.7. The van der Waals surface area contributed by atoms with Gasteiger partial charge in [0.1, 0.15) is 5.82 Å². The number of nitrogens with one attached hydrogen (secondary N) is 1. The molecule has 1 atom stereocenters. The van der Waals surface area contributed by atoms with E-state index in [1.54, 1.807) is 24.5 Å². The van der Waals surface area contributed by atoms with E-state index in [9.17, 15) is 4.39 Å². The molecule has 2 nitrogen and oxygen atoms in total. The third-order valence-corrected chi connectivity index (χ3v) is 6.65. The number of rotatable bonds is 9. The van der Waals surface area contributed by atoms with Crippen LogP contribution in [0.4, 0.5) is 4.39 Å². The van der Waals surface area contributed by atoms with Crippen LogP contribution in [0.15, 0.2) is 60.6 Å². The van der Waals surface area contributed by atoms with Gasteiger partial charge in [0.05, 0.1) is 0 Å². The fourth-order valence-corrected chi connectivity index (χ4v) is 4.54. The summed E-state index contributed by atoms with van der Waals surface area (Å²) >= 11 is 0. The first-order chi connectivity index (χ1) is 14.9. The van der Waals surface area contributed by atoms with E-state index in [0.717, 1.165) is 35.8 Å². The average Bonchev–Trinajstić information content (AvgIpc) is 2.78. The molecule has 1 unspecified atom stereocenters. The van der Waals surface area contributed by atoms with Crippen molar-refractivity contribution in [3.8, 4) is 0 Å². The number of pyridine rings is 1. The number of hydrogen-bond acceptors (Lipinski definition) is 2. The second kappa shape index (κ2) is 10.7. The maximum atomic E-state index is 14.4. The molecule has 0 saturated heterocycles. The number of fused-ring (bicyclic) bond motifs is 1. The van der Waals surface area contributed by atoms with E-state index in [4.69, 9.17) is 0 Å². The molecular weight excluding hydrogens is 383 g/mol. The van der Waals surface area contributed by atoms with Crippen LogP contribution in [0.25, 0.3) is 16.3 Å². The van der Waals surface area contributed by atoms with Crippen molar-refractivity contribution in [1.82, 2.24) is 10.3 Å². The number of hydrogen-bond donors (Lipinski definition) is 1. The van der Waals surface area contributed by atoms with Crippen molar-refractivity contribution >= 4 is 16.3 Å². The van der Waals surface area contributed by atoms with Gasteiger partial charge >= 0.3 is 0 Å². The molecule has 0 spiro atoms. The minimum atomic E-state index is -0.219. The molecule has 1 fully saturated rings. The van der Waals surface area contributed by atoms with E-state index in [1.165, 1.54) is 48.9 Å². The minimum Gasteiger partial charge on any atom is -0.385 e. The van der Waals surface area contributed by atoms with Gasteiger partial charge in [-0.25, -0.2) is 4.39 Å².